The fourth-order valence-electron chi connectivity index (χ4n) is 2.51. The Morgan fingerprint density at radius 3 is 2.57 bits per heavy atom. The molecule has 1 aromatic carbocycles. The second-order valence-electron chi connectivity index (χ2n) is 5.03. The van der Waals surface area contributed by atoms with Crippen molar-refractivity contribution in [3.05, 3.63) is 53.9 Å². The minimum atomic E-state index is -1.49. The van der Waals surface area contributed by atoms with Gasteiger partial charge in [-0.15, -0.1) is 0 Å². The molecule has 0 bridgehead atoms. The number of benzene rings is 1. The molecule has 1 atom stereocenters. The van der Waals surface area contributed by atoms with Crippen molar-refractivity contribution >= 4 is 5.91 Å². The van der Waals surface area contributed by atoms with Crippen LogP contribution in [0.1, 0.15) is 17.9 Å². The highest BCUT2D eigenvalue weighted by Gasteiger charge is 2.31. The van der Waals surface area contributed by atoms with Crippen molar-refractivity contribution in [3.8, 4) is 0 Å². The van der Waals surface area contributed by atoms with Crippen LogP contribution in [-0.4, -0.2) is 26.9 Å². The van der Waals surface area contributed by atoms with Gasteiger partial charge in [-0.05, 0) is 17.7 Å². The first kappa shape index (κ1) is 13.7. The summed E-state index contributed by atoms with van der Waals surface area (Å²) in [6, 6.07) is 1.91. The number of carbonyl (C=O) groups is 1. The van der Waals surface area contributed by atoms with Gasteiger partial charge in [0.25, 0.3) is 0 Å². The van der Waals surface area contributed by atoms with E-state index in [4.69, 9.17) is 0 Å². The first-order chi connectivity index (χ1) is 10.0. The third-order valence-corrected chi connectivity index (χ3v) is 3.59. The predicted molar refractivity (Wildman–Crippen MR) is 67.6 cm³/mol. The van der Waals surface area contributed by atoms with E-state index in [1.54, 1.807) is 28.2 Å². The molecular weight excluding hydrogens is 283 g/mol. The molecule has 0 N–H and O–H groups in total. The smallest absolute Gasteiger partial charge is 0.224 e. The molecule has 1 aliphatic rings. The Bertz CT molecular complexity index is 649. The van der Waals surface area contributed by atoms with Gasteiger partial charge >= 0.3 is 0 Å². The highest BCUT2D eigenvalue weighted by molar-refractivity contribution is 5.79. The normalized spacial score (nSPS) is 18.5. The fraction of sp³-hybridized carbons (Fsp3) is 0.286. The van der Waals surface area contributed by atoms with Gasteiger partial charge in [0, 0.05) is 31.3 Å². The summed E-state index contributed by atoms with van der Waals surface area (Å²) in [5, 5.41) is 0. The van der Waals surface area contributed by atoms with Crippen LogP contribution in [0.2, 0.25) is 0 Å². The van der Waals surface area contributed by atoms with Crippen molar-refractivity contribution in [1.82, 2.24) is 14.5 Å². The van der Waals surface area contributed by atoms with Crippen molar-refractivity contribution in [3.63, 3.8) is 0 Å². The van der Waals surface area contributed by atoms with Gasteiger partial charge in [0.2, 0.25) is 5.91 Å². The molecule has 0 radical (unpaired) electrons. The number of hydrogen-bond acceptors (Lipinski definition) is 2. The Balaban J connectivity index is 1.78. The average Bonchev–Trinajstić information content (AvgIpc) is 3.07. The zero-order chi connectivity index (χ0) is 15.0. The number of rotatable bonds is 3. The Morgan fingerprint density at radius 1 is 1.24 bits per heavy atom. The zero-order valence-electron chi connectivity index (χ0n) is 11.0. The second kappa shape index (κ2) is 5.23. The molecule has 1 unspecified atom stereocenters. The predicted octanol–water partition coefficient (Wildman–Crippen LogP) is 2.27. The van der Waals surface area contributed by atoms with Crippen molar-refractivity contribution in [2.24, 2.45) is 0 Å². The van der Waals surface area contributed by atoms with Gasteiger partial charge in [0.15, 0.2) is 17.5 Å². The van der Waals surface area contributed by atoms with Gasteiger partial charge in [-0.3, -0.25) is 4.79 Å². The molecule has 1 aromatic heterocycles. The second-order valence-corrected chi connectivity index (χ2v) is 5.03. The maximum absolute atomic E-state index is 13.3. The van der Waals surface area contributed by atoms with Crippen LogP contribution in [-0.2, 0) is 11.5 Å². The van der Waals surface area contributed by atoms with Crippen LogP contribution >= 0.6 is 0 Å². The molecule has 7 heteroatoms. The monoisotopic (exact) mass is 295 g/mol. The first-order valence-corrected chi connectivity index (χ1v) is 6.42. The Hall–Kier alpha value is -2.31. The van der Waals surface area contributed by atoms with Crippen LogP contribution < -0.4 is 0 Å². The van der Waals surface area contributed by atoms with E-state index in [1.807, 2.05) is 0 Å². The number of aromatic nitrogens is 2. The molecular formula is C14H12F3N3O. The highest BCUT2D eigenvalue weighted by atomic mass is 19.2. The molecule has 0 saturated carbocycles. The molecule has 1 aliphatic heterocycles. The van der Waals surface area contributed by atoms with E-state index in [2.05, 4.69) is 4.98 Å². The van der Waals surface area contributed by atoms with E-state index >= 15 is 0 Å². The molecule has 110 valence electrons. The Kier molecular flexibility index (Phi) is 3.40. The number of halogens is 3. The lowest BCUT2D eigenvalue weighted by Gasteiger charge is -2.17. The minimum Gasteiger partial charge on any atom is -0.324 e. The lowest BCUT2D eigenvalue weighted by Crippen LogP contribution is -2.27. The topological polar surface area (TPSA) is 38.1 Å². The van der Waals surface area contributed by atoms with Crippen LogP contribution in [0.5, 0.6) is 0 Å². The minimum absolute atomic E-state index is 0.112. The van der Waals surface area contributed by atoms with E-state index in [0.29, 0.717) is 18.8 Å². The van der Waals surface area contributed by atoms with Crippen LogP contribution in [0, 0.1) is 17.5 Å². The molecule has 2 aromatic rings. The first-order valence-electron chi connectivity index (χ1n) is 6.42. The third kappa shape index (κ3) is 2.63. The largest absolute Gasteiger partial charge is 0.324 e. The van der Waals surface area contributed by atoms with Crippen molar-refractivity contribution in [2.75, 3.05) is 6.54 Å². The van der Waals surface area contributed by atoms with Crippen molar-refractivity contribution in [1.29, 1.82) is 0 Å². The lowest BCUT2D eigenvalue weighted by atomic mass is 9.98. The number of amides is 1. The molecule has 3 rings (SSSR count). The SMILES string of the molecule is O=C1CC(c2cc(F)c(F)c(F)c2)CN1Cn1ccnc1. The number of hydrogen-bond donors (Lipinski definition) is 0. The molecule has 21 heavy (non-hydrogen) atoms. The summed E-state index contributed by atoms with van der Waals surface area (Å²) in [7, 11) is 0. The summed E-state index contributed by atoms with van der Waals surface area (Å²) in [6.45, 7) is 0.670. The van der Waals surface area contributed by atoms with Gasteiger partial charge < -0.3 is 9.47 Å². The van der Waals surface area contributed by atoms with E-state index in [0.717, 1.165) is 12.1 Å². The molecule has 1 fully saturated rings. The Morgan fingerprint density at radius 2 is 1.95 bits per heavy atom. The summed E-state index contributed by atoms with van der Waals surface area (Å²) < 4.78 is 41.2. The molecule has 0 spiro atoms. The molecule has 1 amide bonds. The quantitative estimate of drug-likeness (QED) is 0.815. The molecule has 1 saturated heterocycles. The zero-order valence-corrected chi connectivity index (χ0v) is 11.0. The van der Waals surface area contributed by atoms with E-state index in [1.165, 1.54) is 0 Å². The van der Waals surface area contributed by atoms with E-state index < -0.39 is 17.5 Å². The van der Waals surface area contributed by atoms with Crippen molar-refractivity contribution in [2.45, 2.75) is 19.0 Å². The maximum Gasteiger partial charge on any atom is 0.224 e. The van der Waals surface area contributed by atoms with E-state index in [9.17, 15) is 18.0 Å². The van der Waals surface area contributed by atoms with Crippen LogP contribution in [0.15, 0.2) is 30.9 Å². The summed E-state index contributed by atoms with van der Waals surface area (Å²) in [6.07, 6.45) is 5.05. The summed E-state index contributed by atoms with van der Waals surface area (Å²) >= 11 is 0. The van der Waals surface area contributed by atoms with Gasteiger partial charge in [-0.25, -0.2) is 18.2 Å². The maximum atomic E-state index is 13.3. The molecule has 0 aliphatic carbocycles. The summed E-state index contributed by atoms with van der Waals surface area (Å²) in [5.74, 6) is -4.40. The summed E-state index contributed by atoms with van der Waals surface area (Å²) in [5.41, 5.74) is 0.299. The standard InChI is InChI=1S/C14H12F3N3O/c15-11-3-9(4-12(16)14(11)17)10-5-13(21)20(6-10)8-19-2-1-18-7-19/h1-4,7,10H,5-6,8H2. The van der Waals surface area contributed by atoms with Gasteiger partial charge in [-0.1, -0.05) is 0 Å². The van der Waals surface area contributed by atoms with Gasteiger partial charge in [0.1, 0.15) is 0 Å². The molecule has 2 heterocycles. The molecule has 4 nitrogen and oxygen atoms in total. The highest BCUT2D eigenvalue weighted by Crippen LogP contribution is 2.30. The van der Waals surface area contributed by atoms with Crippen LogP contribution in [0.3, 0.4) is 0 Å². The number of imidazole rings is 1. The number of nitrogens with zero attached hydrogens (tertiary/aromatic N) is 3. The average molecular weight is 295 g/mol. The Labute approximate surface area is 118 Å². The van der Waals surface area contributed by atoms with Crippen LogP contribution in [0.4, 0.5) is 13.2 Å². The van der Waals surface area contributed by atoms with Crippen molar-refractivity contribution < 1.29 is 18.0 Å². The van der Waals surface area contributed by atoms with Gasteiger partial charge in [-0.2, -0.15) is 0 Å². The number of carbonyl (C=O) groups excluding carboxylic acids is 1. The van der Waals surface area contributed by atoms with Gasteiger partial charge in [0.05, 0.1) is 13.0 Å². The lowest BCUT2D eigenvalue weighted by molar-refractivity contribution is -0.129. The fourth-order valence-corrected chi connectivity index (χ4v) is 2.51. The van der Waals surface area contributed by atoms with Crippen LogP contribution in [0.25, 0.3) is 0 Å². The van der Waals surface area contributed by atoms with E-state index in [-0.39, 0.29) is 18.2 Å². The summed E-state index contributed by atoms with van der Waals surface area (Å²) in [4.78, 5) is 17.4. The number of likely N-dealkylation sites (tertiary alicyclic amines) is 1. The third-order valence-electron chi connectivity index (χ3n) is 3.59.